The molecule has 1 N–H and O–H groups in total. The molecule has 0 aliphatic carbocycles. The Labute approximate surface area is 195 Å². The number of aliphatic hydroxyl groups excluding tert-OH is 1. The summed E-state index contributed by atoms with van der Waals surface area (Å²) >= 11 is 1.26. The van der Waals surface area contributed by atoms with Gasteiger partial charge in [0.25, 0.3) is 5.91 Å². The Morgan fingerprint density at radius 3 is 2.70 bits per heavy atom. The number of aromatic nitrogens is 2. The summed E-state index contributed by atoms with van der Waals surface area (Å²) in [6.45, 7) is 2.71. The van der Waals surface area contributed by atoms with E-state index in [0.29, 0.717) is 27.9 Å². The van der Waals surface area contributed by atoms with Crippen LogP contribution in [0, 0.1) is 6.92 Å². The Hall–Kier alpha value is -3.36. The maximum atomic E-state index is 13.7. The number of benzene rings is 1. The van der Waals surface area contributed by atoms with Crippen LogP contribution in [0.5, 0.6) is 0 Å². The summed E-state index contributed by atoms with van der Waals surface area (Å²) in [6.07, 6.45) is 3.25. The molecule has 0 bridgehead atoms. The van der Waals surface area contributed by atoms with Crippen molar-refractivity contribution >= 4 is 23.0 Å². The Bertz CT molecular complexity index is 1220. The molecule has 3 aromatic rings. The number of ether oxygens (including phenoxy) is 1. The lowest BCUT2D eigenvalue weighted by Crippen LogP contribution is -2.37. The minimum Gasteiger partial charge on any atom is -0.503 e. The van der Waals surface area contributed by atoms with Gasteiger partial charge in [-0.15, -0.1) is 11.3 Å². The van der Waals surface area contributed by atoms with E-state index >= 15 is 0 Å². The first-order valence-corrected chi connectivity index (χ1v) is 11.7. The van der Waals surface area contributed by atoms with Crippen molar-refractivity contribution in [1.29, 1.82) is 0 Å². The number of carbonyl (C=O) groups excluding carboxylic acids is 2. The van der Waals surface area contributed by atoms with E-state index < -0.39 is 23.5 Å². The van der Waals surface area contributed by atoms with Gasteiger partial charge in [0.1, 0.15) is 11.0 Å². The molecule has 1 saturated heterocycles. The zero-order valence-electron chi connectivity index (χ0n) is 18.1. The number of ketones is 1. The standard InChI is InChI=1S/C25H23N3O4S/c1-15-23(33-24(27-15)16-8-3-2-4-9-16)21(29)19-20(18-11-5-6-12-26-18)28(25(31)22(19)30)14-17-10-7-13-32-17/h2-6,8-9,11-12,17,20,30H,7,10,13-14H2,1H3. The van der Waals surface area contributed by atoms with Crippen LogP contribution in [0.3, 0.4) is 0 Å². The number of pyridine rings is 1. The molecule has 2 aliphatic rings. The number of rotatable bonds is 6. The first-order chi connectivity index (χ1) is 16.0. The highest BCUT2D eigenvalue weighted by molar-refractivity contribution is 7.17. The maximum Gasteiger partial charge on any atom is 0.290 e. The molecule has 1 amide bonds. The molecule has 2 atom stereocenters. The Morgan fingerprint density at radius 1 is 1.21 bits per heavy atom. The summed E-state index contributed by atoms with van der Waals surface area (Å²) in [5, 5.41) is 11.6. The summed E-state index contributed by atoms with van der Waals surface area (Å²) in [4.78, 5) is 37.8. The highest BCUT2D eigenvalue weighted by Gasteiger charge is 2.46. The lowest BCUT2D eigenvalue weighted by molar-refractivity contribution is -0.131. The van der Waals surface area contributed by atoms with E-state index in [-0.39, 0.29) is 18.2 Å². The normalized spacial score (nSPS) is 20.6. The van der Waals surface area contributed by atoms with E-state index in [0.717, 1.165) is 18.4 Å². The molecule has 1 aromatic carbocycles. The van der Waals surface area contributed by atoms with Gasteiger partial charge >= 0.3 is 0 Å². The van der Waals surface area contributed by atoms with Gasteiger partial charge < -0.3 is 14.7 Å². The Balaban J connectivity index is 1.54. The Kier molecular flexibility index (Phi) is 5.78. The van der Waals surface area contributed by atoms with Crippen LogP contribution in [0.1, 0.15) is 39.9 Å². The number of nitrogens with zero attached hydrogens (tertiary/aromatic N) is 3. The maximum absolute atomic E-state index is 13.7. The fraction of sp³-hybridized carbons (Fsp3) is 0.280. The fourth-order valence-corrected chi connectivity index (χ4v) is 5.39. The summed E-state index contributed by atoms with van der Waals surface area (Å²) in [5.41, 5.74) is 2.05. The van der Waals surface area contributed by atoms with Crippen molar-refractivity contribution in [2.45, 2.75) is 31.9 Å². The van der Waals surface area contributed by atoms with Gasteiger partial charge in [-0.2, -0.15) is 0 Å². The van der Waals surface area contributed by atoms with Crippen molar-refractivity contribution in [3.63, 3.8) is 0 Å². The average Bonchev–Trinajstić information content (AvgIpc) is 3.55. The first kappa shape index (κ1) is 21.5. The van der Waals surface area contributed by atoms with Crippen molar-refractivity contribution in [2.75, 3.05) is 13.2 Å². The van der Waals surface area contributed by atoms with Gasteiger partial charge in [0.05, 0.1) is 27.9 Å². The van der Waals surface area contributed by atoms with E-state index in [1.165, 1.54) is 16.2 Å². The second kappa shape index (κ2) is 8.88. The smallest absolute Gasteiger partial charge is 0.290 e. The number of carbonyl (C=O) groups is 2. The topological polar surface area (TPSA) is 92.6 Å². The van der Waals surface area contributed by atoms with Gasteiger partial charge in [-0.1, -0.05) is 36.4 Å². The molecule has 2 unspecified atom stereocenters. The first-order valence-electron chi connectivity index (χ1n) is 10.9. The molecule has 168 valence electrons. The van der Waals surface area contributed by atoms with Crippen molar-refractivity contribution in [3.05, 3.63) is 82.3 Å². The lowest BCUT2D eigenvalue weighted by atomic mass is 9.98. The van der Waals surface area contributed by atoms with Crippen LogP contribution in [0.4, 0.5) is 0 Å². The molecule has 0 radical (unpaired) electrons. The number of aryl methyl sites for hydroxylation is 1. The summed E-state index contributed by atoms with van der Waals surface area (Å²) in [6, 6.07) is 14.2. The third-order valence-corrected chi connectivity index (χ3v) is 7.17. The molecule has 2 aliphatic heterocycles. The number of aliphatic hydroxyl groups is 1. The van der Waals surface area contributed by atoms with Crippen LogP contribution in [-0.4, -0.2) is 50.9 Å². The highest BCUT2D eigenvalue weighted by Crippen LogP contribution is 2.40. The average molecular weight is 462 g/mol. The van der Waals surface area contributed by atoms with Gasteiger partial charge in [0.2, 0.25) is 5.78 Å². The second-order valence-electron chi connectivity index (χ2n) is 8.14. The Morgan fingerprint density at radius 2 is 2.00 bits per heavy atom. The van der Waals surface area contributed by atoms with E-state index in [9.17, 15) is 14.7 Å². The fourth-order valence-electron chi connectivity index (χ4n) is 4.36. The van der Waals surface area contributed by atoms with E-state index in [4.69, 9.17) is 4.74 Å². The minimum atomic E-state index is -0.780. The van der Waals surface area contributed by atoms with Crippen LogP contribution >= 0.6 is 11.3 Å². The molecule has 33 heavy (non-hydrogen) atoms. The summed E-state index contributed by atoms with van der Waals surface area (Å²) < 4.78 is 5.73. The van der Waals surface area contributed by atoms with Crippen LogP contribution in [0.2, 0.25) is 0 Å². The van der Waals surface area contributed by atoms with Gasteiger partial charge in [-0.25, -0.2) is 4.98 Å². The summed E-state index contributed by atoms with van der Waals surface area (Å²) in [7, 11) is 0. The third kappa shape index (κ3) is 3.96. The predicted molar refractivity (Wildman–Crippen MR) is 124 cm³/mol. The van der Waals surface area contributed by atoms with E-state index in [1.54, 1.807) is 31.3 Å². The van der Waals surface area contributed by atoms with Crippen molar-refractivity contribution in [3.8, 4) is 10.6 Å². The predicted octanol–water partition coefficient (Wildman–Crippen LogP) is 4.27. The molecular weight excluding hydrogens is 438 g/mol. The lowest BCUT2D eigenvalue weighted by Gasteiger charge is -2.28. The monoisotopic (exact) mass is 461 g/mol. The molecule has 0 spiro atoms. The molecule has 7 nitrogen and oxygen atoms in total. The van der Waals surface area contributed by atoms with Gasteiger partial charge in [0, 0.05) is 24.9 Å². The molecular formula is C25H23N3O4S. The van der Waals surface area contributed by atoms with Crippen LogP contribution in [-0.2, 0) is 9.53 Å². The van der Waals surface area contributed by atoms with E-state index in [1.807, 2.05) is 30.3 Å². The van der Waals surface area contributed by atoms with Crippen molar-refractivity contribution < 1.29 is 19.4 Å². The summed E-state index contributed by atoms with van der Waals surface area (Å²) in [5.74, 6) is -1.50. The van der Waals surface area contributed by atoms with Crippen LogP contribution in [0.25, 0.3) is 10.6 Å². The minimum absolute atomic E-state index is 0.0445. The highest BCUT2D eigenvalue weighted by atomic mass is 32.1. The number of hydrogen-bond donors (Lipinski definition) is 1. The molecule has 1 fully saturated rings. The van der Waals surface area contributed by atoms with Gasteiger partial charge in [0.15, 0.2) is 5.76 Å². The number of hydrogen-bond acceptors (Lipinski definition) is 7. The zero-order chi connectivity index (χ0) is 22.9. The van der Waals surface area contributed by atoms with Crippen molar-refractivity contribution in [1.82, 2.24) is 14.9 Å². The van der Waals surface area contributed by atoms with Crippen LogP contribution < -0.4 is 0 Å². The quantitative estimate of drug-likeness (QED) is 0.551. The second-order valence-corrected chi connectivity index (χ2v) is 9.14. The van der Waals surface area contributed by atoms with Gasteiger partial charge in [-0.05, 0) is 31.9 Å². The van der Waals surface area contributed by atoms with Crippen LogP contribution in [0.15, 0.2) is 66.1 Å². The molecule has 2 aromatic heterocycles. The zero-order valence-corrected chi connectivity index (χ0v) is 18.9. The van der Waals surface area contributed by atoms with Crippen molar-refractivity contribution in [2.24, 2.45) is 0 Å². The third-order valence-electron chi connectivity index (χ3n) is 5.96. The molecule has 4 heterocycles. The van der Waals surface area contributed by atoms with Gasteiger partial charge in [-0.3, -0.25) is 14.6 Å². The molecule has 5 rings (SSSR count). The number of thiazole rings is 1. The largest absolute Gasteiger partial charge is 0.503 e. The molecule has 0 saturated carbocycles. The molecule has 8 heteroatoms. The SMILES string of the molecule is Cc1nc(-c2ccccc2)sc1C(=O)C1=C(O)C(=O)N(CC2CCCO2)C1c1ccccn1. The number of amides is 1. The number of Topliss-reactive ketones (excluding diaryl/α,β-unsaturated/α-hetero) is 1. The van der Waals surface area contributed by atoms with E-state index in [2.05, 4.69) is 9.97 Å².